The highest BCUT2D eigenvalue weighted by Crippen LogP contribution is 2.29. The molecule has 0 saturated carbocycles. The zero-order valence-electron chi connectivity index (χ0n) is 13.4. The molecule has 23 heavy (non-hydrogen) atoms. The van der Waals surface area contributed by atoms with Gasteiger partial charge in [-0.2, -0.15) is 0 Å². The average Bonchev–Trinajstić information content (AvgIpc) is 2.54. The summed E-state index contributed by atoms with van der Waals surface area (Å²) in [6.07, 6.45) is 0.992. The van der Waals surface area contributed by atoms with Crippen molar-refractivity contribution in [3.8, 4) is 16.9 Å². The van der Waals surface area contributed by atoms with Gasteiger partial charge in [0, 0.05) is 17.5 Å². The van der Waals surface area contributed by atoms with Crippen LogP contribution in [0, 0.1) is 5.92 Å². The van der Waals surface area contributed by atoms with E-state index in [4.69, 9.17) is 9.15 Å². The molecule has 3 aromatic rings. The quantitative estimate of drug-likeness (QED) is 0.630. The Balaban J connectivity index is 1.99. The second-order valence-electron chi connectivity index (χ2n) is 6.03. The summed E-state index contributed by atoms with van der Waals surface area (Å²) in [5, 5.41) is 0.909. The molecular weight excluding hydrogens is 288 g/mol. The van der Waals surface area contributed by atoms with Gasteiger partial charge in [-0.25, -0.2) is 4.79 Å². The minimum absolute atomic E-state index is 0.351. The summed E-state index contributed by atoms with van der Waals surface area (Å²) in [6.45, 7) is 4.98. The zero-order chi connectivity index (χ0) is 16.2. The van der Waals surface area contributed by atoms with Crippen molar-refractivity contribution in [3.63, 3.8) is 0 Å². The first-order valence-corrected chi connectivity index (χ1v) is 7.89. The SMILES string of the molecule is CC(C)CCOc1ccc2c(-c3ccccc3)cc(=O)oc2c1. The molecule has 0 atom stereocenters. The Morgan fingerprint density at radius 3 is 2.57 bits per heavy atom. The van der Waals surface area contributed by atoms with Gasteiger partial charge in [0.15, 0.2) is 0 Å². The fourth-order valence-electron chi connectivity index (χ4n) is 2.50. The van der Waals surface area contributed by atoms with E-state index in [2.05, 4.69) is 13.8 Å². The van der Waals surface area contributed by atoms with Gasteiger partial charge < -0.3 is 9.15 Å². The molecule has 3 nitrogen and oxygen atoms in total. The lowest BCUT2D eigenvalue weighted by atomic mass is 10.0. The van der Waals surface area contributed by atoms with E-state index in [0.717, 1.165) is 28.7 Å². The van der Waals surface area contributed by atoms with Crippen LogP contribution >= 0.6 is 0 Å². The molecular formula is C20H20O3. The van der Waals surface area contributed by atoms with Crippen LogP contribution in [0.4, 0.5) is 0 Å². The van der Waals surface area contributed by atoms with Crippen LogP contribution in [-0.2, 0) is 0 Å². The van der Waals surface area contributed by atoms with Crippen molar-refractivity contribution in [3.05, 3.63) is 65.0 Å². The van der Waals surface area contributed by atoms with E-state index in [9.17, 15) is 4.79 Å². The third kappa shape index (κ3) is 3.62. The Kier molecular flexibility index (Phi) is 4.47. The average molecular weight is 308 g/mol. The van der Waals surface area contributed by atoms with Gasteiger partial charge in [0.1, 0.15) is 11.3 Å². The predicted molar refractivity (Wildman–Crippen MR) is 92.9 cm³/mol. The predicted octanol–water partition coefficient (Wildman–Crippen LogP) is 4.88. The molecule has 0 aliphatic heterocycles. The highest BCUT2D eigenvalue weighted by atomic mass is 16.5. The van der Waals surface area contributed by atoms with Gasteiger partial charge >= 0.3 is 5.63 Å². The lowest BCUT2D eigenvalue weighted by molar-refractivity contribution is 0.289. The van der Waals surface area contributed by atoms with Crippen molar-refractivity contribution in [1.29, 1.82) is 0 Å². The summed E-state index contributed by atoms with van der Waals surface area (Å²) >= 11 is 0. The van der Waals surface area contributed by atoms with Crippen molar-refractivity contribution in [2.75, 3.05) is 6.61 Å². The molecule has 0 saturated heterocycles. The number of rotatable bonds is 5. The van der Waals surface area contributed by atoms with Crippen LogP contribution in [0.2, 0.25) is 0 Å². The molecule has 1 heterocycles. The number of ether oxygens (including phenoxy) is 1. The summed E-state index contributed by atoms with van der Waals surface area (Å²) in [7, 11) is 0. The molecule has 1 aromatic heterocycles. The Morgan fingerprint density at radius 1 is 1.04 bits per heavy atom. The molecule has 0 amide bonds. The van der Waals surface area contributed by atoms with Crippen molar-refractivity contribution < 1.29 is 9.15 Å². The monoisotopic (exact) mass is 308 g/mol. The number of hydrogen-bond donors (Lipinski definition) is 0. The van der Waals surface area contributed by atoms with Gasteiger partial charge in [0.05, 0.1) is 6.61 Å². The molecule has 0 radical (unpaired) electrons. The molecule has 0 fully saturated rings. The smallest absolute Gasteiger partial charge is 0.336 e. The molecule has 118 valence electrons. The van der Waals surface area contributed by atoms with E-state index in [1.807, 2.05) is 42.5 Å². The van der Waals surface area contributed by atoms with Crippen LogP contribution in [0.5, 0.6) is 5.75 Å². The number of hydrogen-bond acceptors (Lipinski definition) is 3. The first kappa shape index (κ1) is 15.3. The van der Waals surface area contributed by atoms with Gasteiger partial charge in [-0.15, -0.1) is 0 Å². The van der Waals surface area contributed by atoms with Crippen molar-refractivity contribution in [2.24, 2.45) is 5.92 Å². The Hall–Kier alpha value is -2.55. The third-order valence-electron chi connectivity index (χ3n) is 3.76. The van der Waals surface area contributed by atoms with Gasteiger partial charge in [0.2, 0.25) is 0 Å². The zero-order valence-corrected chi connectivity index (χ0v) is 13.4. The molecule has 3 rings (SSSR count). The molecule has 2 aromatic carbocycles. The molecule has 0 aliphatic rings. The Labute approximate surface area is 135 Å². The maximum absolute atomic E-state index is 11.9. The highest BCUT2D eigenvalue weighted by Gasteiger charge is 2.09. The topological polar surface area (TPSA) is 39.4 Å². The third-order valence-corrected chi connectivity index (χ3v) is 3.76. The van der Waals surface area contributed by atoms with E-state index in [1.54, 1.807) is 6.07 Å². The van der Waals surface area contributed by atoms with Crippen molar-refractivity contribution >= 4 is 11.0 Å². The molecule has 0 unspecified atom stereocenters. The molecule has 0 bridgehead atoms. The summed E-state index contributed by atoms with van der Waals surface area (Å²) in [6, 6.07) is 17.1. The Morgan fingerprint density at radius 2 is 1.83 bits per heavy atom. The lowest BCUT2D eigenvalue weighted by Crippen LogP contribution is -2.02. The van der Waals surface area contributed by atoms with E-state index in [0.29, 0.717) is 18.1 Å². The molecule has 3 heteroatoms. The van der Waals surface area contributed by atoms with Crippen LogP contribution in [0.3, 0.4) is 0 Å². The molecule has 0 aliphatic carbocycles. The largest absolute Gasteiger partial charge is 0.493 e. The standard InChI is InChI=1S/C20H20O3/c1-14(2)10-11-22-16-8-9-17-18(15-6-4-3-5-7-15)13-20(21)23-19(17)12-16/h3-9,12-14H,10-11H2,1-2H3. The van der Waals surface area contributed by atoms with Gasteiger partial charge in [-0.05, 0) is 35.6 Å². The number of fused-ring (bicyclic) bond motifs is 1. The molecule has 0 spiro atoms. The fourth-order valence-corrected chi connectivity index (χ4v) is 2.50. The van der Waals surface area contributed by atoms with Crippen LogP contribution in [0.25, 0.3) is 22.1 Å². The minimum atomic E-state index is -0.351. The van der Waals surface area contributed by atoms with Crippen LogP contribution in [-0.4, -0.2) is 6.61 Å². The Bertz CT molecular complexity index is 848. The maximum atomic E-state index is 11.9. The van der Waals surface area contributed by atoms with E-state index >= 15 is 0 Å². The van der Waals surface area contributed by atoms with E-state index in [-0.39, 0.29) is 5.63 Å². The lowest BCUT2D eigenvalue weighted by Gasteiger charge is -2.10. The van der Waals surface area contributed by atoms with Crippen molar-refractivity contribution in [1.82, 2.24) is 0 Å². The van der Waals surface area contributed by atoms with Gasteiger partial charge in [0.25, 0.3) is 0 Å². The highest BCUT2D eigenvalue weighted by molar-refractivity contribution is 5.93. The van der Waals surface area contributed by atoms with Crippen LogP contribution in [0.1, 0.15) is 20.3 Å². The fraction of sp³-hybridized carbons (Fsp3) is 0.250. The second kappa shape index (κ2) is 6.69. The molecule has 0 N–H and O–H groups in total. The maximum Gasteiger partial charge on any atom is 0.336 e. The summed E-state index contributed by atoms with van der Waals surface area (Å²) in [5.41, 5.74) is 2.08. The van der Waals surface area contributed by atoms with E-state index in [1.165, 1.54) is 6.07 Å². The summed E-state index contributed by atoms with van der Waals surface area (Å²) < 4.78 is 11.1. The summed E-state index contributed by atoms with van der Waals surface area (Å²) in [5.74, 6) is 1.32. The first-order chi connectivity index (χ1) is 11.1. The normalized spacial score (nSPS) is 11.1. The van der Waals surface area contributed by atoms with Crippen molar-refractivity contribution in [2.45, 2.75) is 20.3 Å². The number of benzene rings is 2. The minimum Gasteiger partial charge on any atom is -0.493 e. The van der Waals surface area contributed by atoms with Crippen LogP contribution < -0.4 is 10.4 Å². The van der Waals surface area contributed by atoms with Gasteiger partial charge in [-0.1, -0.05) is 44.2 Å². The van der Waals surface area contributed by atoms with Gasteiger partial charge in [-0.3, -0.25) is 0 Å². The first-order valence-electron chi connectivity index (χ1n) is 7.89. The second-order valence-corrected chi connectivity index (χ2v) is 6.03. The summed E-state index contributed by atoms with van der Waals surface area (Å²) in [4.78, 5) is 11.9. The van der Waals surface area contributed by atoms with E-state index < -0.39 is 0 Å². The van der Waals surface area contributed by atoms with Crippen LogP contribution in [0.15, 0.2) is 63.8 Å².